The molecule has 0 bridgehead atoms. The van der Waals surface area contributed by atoms with Gasteiger partial charge in [0, 0.05) is 10.7 Å². The summed E-state index contributed by atoms with van der Waals surface area (Å²) in [5.41, 5.74) is 6.66. The lowest BCUT2D eigenvalue weighted by Crippen LogP contribution is -2.15. The van der Waals surface area contributed by atoms with Gasteiger partial charge in [0.05, 0.1) is 16.6 Å². The van der Waals surface area contributed by atoms with Gasteiger partial charge in [-0.15, -0.1) is 0 Å². The molecule has 1 heterocycles. The number of esters is 1. The van der Waals surface area contributed by atoms with Gasteiger partial charge in [0.15, 0.2) is 11.9 Å². The number of nitrogens with zero attached hydrogens (tertiary/aromatic N) is 2. The third-order valence-electron chi connectivity index (χ3n) is 3.70. The van der Waals surface area contributed by atoms with Crippen molar-refractivity contribution in [3.63, 3.8) is 0 Å². The van der Waals surface area contributed by atoms with Crippen LogP contribution in [0.4, 0.5) is 14.5 Å². The number of hydrogen-bond acceptors (Lipinski definition) is 4. The molecule has 0 aliphatic heterocycles. The predicted octanol–water partition coefficient (Wildman–Crippen LogP) is 4.59. The van der Waals surface area contributed by atoms with Crippen molar-refractivity contribution in [1.82, 2.24) is 9.55 Å². The van der Waals surface area contributed by atoms with Crippen molar-refractivity contribution >= 4 is 34.3 Å². The Bertz CT molecular complexity index is 943. The second kappa shape index (κ2) is 6.68. The number of carbonyl (C=O) groups excluding carboxylic acids is 1. The molecule has 2 N–H and O–H groups in total. The van der Waals surface area contributed by atoms with Crippen LogP contribution >= 0.6 is 11.6 Å². The summed E-state index contributed by atoms with van der Waals surface area (Å²) in [6.45, 7) is -1.34. The van der Waals surface area contributed by atoms with Crippen LogP contribution in [0.3, 0.4) is 0 Å². The second-order valence-corrected chi connectivity index (χ2v) is 5.82. The number of benzene rings is 2. The Balaban J connectivity index is 1.93. The van der Waals surface area contributed by atoms with Gasteiger partial charge >= 0.3 is 12.5 Å². The number of nitrogens with two attached hydrogens (primary N) is 1. The van der Waals surface area contributed by atoms with Gasteiger partial charge < -0.3 is 10.5 Å². The van der Waals surface area contributed by atoms with Crippen LogP contribution in [-0.4, -0.2) is 15.5 Å². The van der Waals surface area contributed by atoms with E-state index in [9.17, 15) is 13.6 Å². The quantitative estimate of drug-likeness (QED) is 0.542. The minimum atomic E-state index is -2.82. The first kappa shape index (κ1) is 17.2. The van der Waals surface area contributed by atoms with E-state index in [2.05, 4.69) is 4.98 Å². The first-order chi connectivity index (χ1) is 11.9. The van der Waals surface area contributed by atoms with Crippen molar-refractivity contribution in [1.29, 1.82) is 0 Å². The van der Waals surface area contributed by atoms with Gasteiger partial charge in [-0.3, -0.25) is 4.57 Å². The van der Waals surface area contributed by atoms with Crippen LogP contribution in [0.2, 0.25) is 5.02 Å². The summed E-state index contributed by atoms with van der Waals surface area (Å²) in [4.78, 5) is 16.5. The molecule has 8 heteroatoms. The maximum atomic E-state index is 13.5. The summed E-state index contributed by atoms with van der Waals surface area (Å²) in [7, 11) is 0. The van der Waals surface area contributed by atoms with Crippen LogP contribution in [0, 0.1) is 0 Å². The molecule has 130 valence electrons. The first-order valence-electron chi connectivity index (χ1n) is 7.39. The molecule has 0 spiro atoms. The fourth-order valence-corrected chi connectivity index (χ4v) is 2.73. The Hall–Kier alpha value is -2.67. The summed E-state index contributed by atoms with van der Waals surface area (Å²) in [5, 5.41) is 0.376. The summed E-state index contributed by atoms with van der Waals surface area (Å²) >= 11 is 5.80. The Kier molecular flexibility index (Phi) is 4.59. The number of hydrogen-bond donors (Lipinski definition) is 1. The van der Waals surface area contributed by atoms with E-state index in [1.165, 1.54) is 31.2 Å². The third-order valence-corrected chi connectivity index (χ3v) is 3.93. The van der Waals surface area contributed by atoms with Crippen LogP contribution < -0.4 is 5.73 Å². The molecule has 2 aromatic carbocycles. The molecule has 0 saturated carbocycles. The van der Waals surface area contributed by atoms with Gasteiger partial charge in [0.2, 0.25) is 0 Å². The summed E-state index contributed by atoms with van der Waals surface area (Å²) in [6.07, 6.45) is -0.996. The standard InChI is InChI=1S/C17H14ClF2N3O2/c1-9(25-16(24)11-7-6-10(18)8-12(11)21)15-22-13-4-2-3-5-14(13)23(15)17(19)20/h2-9,17H,21H2,1H3/t9-/m1/s1. The number of carbonyl (C=O) groups is 1. The molecule has 3 rings (SSSR count). The zero-order valence-corrected chi connectivity index (χ0v) is 13.9. The monoisotopic (exact) mass is 365 g/mol. The molecule has 0 aliphatic rings. The van der Waals surface area contributed by atoms with Crippen molar-refractivity contribution in [2.75, 3.05) is 5.73 Å². The van der Waals surface area contributed by atoms with Gasteiger partial charge in [0.1, 0.15) is 0 Å². The zero-order chi connectivity index (χ0) is 18.1. The Morgan fingerprint density at radius 1 is 1.28 bits per heavy atom. The van der Waals surface area contributed by atoms with E-state index in [-0.39, 0.29) is 22.6 Å². The number of halogens is 3. The molecule has 1 atom stereocenters. The highest BCUT2D eigenvalue weighted by Crippen LogP contribution is 2.29. The highest BCUT2D eigenvalue weighted by atomic mass is 35.5. The molecule has 5 nitrogen and oxygen atoms in total. The molecule has 0 saturated heterocycles. The molecule has 0 unspecified atom stereocenters. The van der Waals surface area contributed by atoms with E-state index < -0.39 is 18.6 Å². The largest absolute Gasteiger partial charge is 0.451 e. The van der Waals surface area contributed by atoms with Crippen LogP contribution in [0.1, 0.15) is 35.8 Å². The number of rotatable bonds is 4. The van der Waals surface area contributed by atoms with Gasteiger partial charge in [-0.1, -0.05) is 23.7 Å². The highest BCUT2D eigenvalue weighted by Gasteiger charge is 2.25. The summed E-state index contributed by atoms with van der Waals surface area (Å²) < 4.78 is 33.0. The van der Waals surface area contributed by atoms with Crippen LogP contribution in [0.5, 0.6) is 0 Å². The topological polar surface area (TPSA) is 70.1 Å². The van der Waals surface area contributed by atoms with Crippen molar-refractivity contribution in [3.8, 4) is 0 Å². The number of aromatic nitrogens is 2. The normalized spacial score (nSPS) is 12.5. The van der Waals surface area contributed by atoms with Gasteiger partial charge in [-0.25, -0.2) is 9.78 Å². The minimum absolute atomic E-state index is 0.0444. The number of alkyl halides is 2. The van der Waals surface area contributed by atoms with Crippen molar-refractivity contribution in [3.05, 3.63) is 58.9 Å². The maximum absolute atomic E-state index is 13.5. The zero-order valence-electron chi connectivity index (χ0n) is 13.1. The molecule has 0 amide bonds. The van der Waals surface area contributed by atoms with Crippen molar-refractivity contribution in [2.45, 2.75) is 19.6 Å². The number of ether oxygens (including phenoxy) is 1. The van der Waals surface area contributed by atoms with E-state index in [0.29, 0.717) is 10.5 Å². The molecule has 0 radical (unpaired) electrons. The lowest BCUT2D eigenvalue weighted by molar-refractivity contribution is 0.0234. The van der Waals surface area contributed by atoms with Crippen molar-refractivity contribution < 1.29 is 18.3 Å². The molecule has 3 aromatic rings. The van der Waals surface area contributed by atoms with E-state index in [1.807, 2.05) is 0 Å². The lowest BCUT2D eigenvalue weighted by atomic mass is 10.2. The summed E-state index contributed by atoms with van der Waals surface area (Å²) in [5.74, 6) is -0.786. The number of imidazole rings is 1. The van der Waals surface area contributed by atoms with E-state index in [0.717, 1.165) is 4.57 Å². The molecule has 0 aliphatic carbocycles. The van der Waals surface area contributed by atoms with Crippen LogP contribution in [-0.2, 0) is 4.74 Å². The van der Waals surface area contributed by atoms with E-state index in [4.69, 9.17) is 22.1 Å². The second-order valence-electron chi connectivity index (χ2n) is 5.39. The highest BCUT2D eigenvalue weighted by molar-refractivity contribution is 6.31. The average Bonchev–Trinajstić information content (AvgIpc) is 2.94. The SMILES string of the molecule is C[C@@H](OC(=O)c1ccc(Cl)cc1N)c1nc2ccccc2n1C(F)F. The first-order valence-corrected chi connectivity index (χ1v) is 7.77. The molecule has 1 aromatic heterocycles. The number of fused-ring (bicyclic) bond motifs is 1. The predicted molar refractivity (Wildman–Crippen MR) is 90.7 cm³/mol. The van der Waals surface area contributed by atoms with Gasteiger partial charge in [-0.05, 0) is 37.3 Å². The van der Waals surface area contributed by atoms with Gasteiger partial charge in [0.25, 0.3) is 0 Å². The maximum Gasteiger partial charge on any atom is 0.340 e. The molecule has 25 heavy (non-hydrogen) atoms. The lowest BCUT2D eigenvalue weighted by Gasteiger charge is -2.15. The van der Waals surface area contributed by atoms with Crippen LogP contribution in [0.25, 0.3) is 11.0 Å². The Morgan fingerprint density at radius 3 is 2.68 bits per heavy atom. The molecular weight excluding hydrogens is 352 g/mol. The molecular formula is C17H14ClF2N3O2. The number of anilines is 1. The number of nitrogen functional groups attached to an aromatic ring is 1. The van der Waals surface area contributed by atoms with E-state index in [1.54, 1.807) is 18.2 Å². The average molecular weight is 366 g/mol. The van der Waals surface area contributed by atoms with Crippen LogP contribution in [0.15, 0.2) is 42.5 Å². The Labute approximate surface area is 147 Å². The van der Waals surface area contributed by atoms with Gasteiger partial charge in [-0.2, -0.15) is 8.78 Å². The van der Waals surface area contributed by atoms with Crippen molar-refractivity contribution in [2.24, 2.45) is 0 Å². The number of para-hydroxylation sites is 2. The Morgan fingerprint density at radius 2 is 2.00 bits per heavy atom. The fraction of sp³-hybridized carbons (Fsp3) is 0.176. The fourth-order valence-electron chi connectivity index (χ4n) is 2.55. The third kappa shape index (κ3) is 3.28. The van der Waals surface area contributed by atoms with E-state index >= 15 is 0 Å². The minimum Gasteiger partial charge on any atom is -0.451 e. The smallest absolute Gasteiger partial charge is 0.340 e. The summed E-state index contributed by atoms with van der Waals surface area (Å²) in [6, 6.07) is 10.8. The molecule has 0 fully saturated rings.